The fourth-order valence-corrected chi connectivity index (χ4v) is 7.57. The molecule has 168 valence electrons. The molecule has 0 aromatic heterocycles. The van der Waals surface area contributed by atoms with Crippen LogP contribution >= 0.6 is 0 Å². The van der Waals surface area contributed by atoms with Crippen LogP contribution in [0.1, 0.15) is 0 Å². The Morgan fingerprint density at radius 3 is 1.10 bits per heavy atom. The molecule has 6 rings (SSSR count). The van der Waals surface area contributed by atoms with E-state index in [4.69, 9.17) is 39.8 Å². The molecule has 0 heterocycles. The highest BCUT2D eigenvalue weighted by molar-refractivity contribution is 6.03. The van der Waals surface area contributed by atoms with Crippen molar-refractivity contribution in [3.63, 3.8) is 0 Å². The van der Waals surface area contributed by atoms with E-state index in [0.29, 0.717) is 22.3 Å². The first-order valence-electron chi connectivity index (χ1n) is 10.2. The predicted molar refractivity (Wildman–Crippen MR) is 91.6 cm³/mol. The van der Waals surface area contributed by atoms with Gasteiger partial charge in [-0.15, -0.1) is 0 Å². The summed E-state index contributed by atoms with van der Waals surface area (Å²) in [6.45, 7) is -2.01. The van der Waals surface area contributed by atoms with Crippen LogP contribution in [0.2, 0.25) is 0 Å². The number of rotatable bonds is 14. The lowest BCUT2D eigenvalue weighted by Crippen LogP contribution is -3.13. The Labute approximate surface area is 171 Å². The number of amides is 2. The van der Waals surface area contributed by atoms with Gasteiger partial charge in [0.25, 0.3) is 11.8 Å². The first-order chi connectivity index (χ1) is 14.6. The van der Waals surface area contributed by atoms with Gasteiger partial charge in [-0.2, -0.15) is 0 Å². The van der Waals surface area contributed by atoms with Crippen LogP contribution in [0.25, 0.3) is 0 Å². The summed E-state index contributed by atoms with van der Waals surface area (Å²) >= 11 is 0. The van der Waals surface area contributed by atoms with Gasteiger partial charge in [0.15, 0.2) is 0 Å². The number of hydrogen-bond donors (Lipinski definition) is 4. The monoisotopic (exact) mass is 430 g/mol. The van der Waals surface area contributed by atoms with E-state index < -0.39 is 22.6 Å². The van der Waals surface area contributed by atoms with Gasteiger partial charge in [0, 0.05) is 0 Å². The number of hydroxylamine groups is 4. The quantitative estimate of drug-likeness (QED) is 0.210. The maximum absolute atomic E-state index is 13.5. The molecule has 0 bridgehead atoms. The third-order valence-corrected chi connectivity index (χ3v) is 7.90. The number of carbonyl (C=O) groups excluding carboxylic acids is 2. The van der Waals surface area contributed by atoms with E-state index in [2.05, 4.69) is 0 Å². The van der Waals surface area contributed by atoms with Crippen LogP contribution in [0.4, 0.5) is 0 Å². The van der Waals surface area contributed by atoms with Crippen molar-refractivity contribution in [1.29, 1.82) is 0 Å². The van der Waals surface area contributed by atoms with E-state index in [1.165, 1.54) is 0 Å². The first kappa shape index (κ1) is 20.5. The topological polar surface area (TPSA) is 158 Å². The van der Waals surface area contributed by atoms with Crippen LogP contribution in [0.3, 0.4) is 0 Å². The fourth-order valence-electron chi connectivity index (χ4n) is 7.57. The molecule has 0 aromatic carbocycles. The summed E-state index contributed by atoms with van der Waals surface area (Å²) in [4.78, 5) is 48.0. The van der Waals surface area contributed by atoms with E-state index in [1.807, 2.05) is 0 Å². The zero-order valence-electron chi connectivity index (χ0n) is 16.3. The minimum Gasteiger partial charge on any atom is -0.394 e. The minimum absolute atomic E-state index is 0.0736. The van der Waals surface area contributed by atoms with Gasteiger partial charge in [-0.3, -0.25) is 9.59 Å². The second-order valence-corrected chi connectivity index (χ2v) is 8.35. The molecule has 0 aliphatic heterocycles. The molecule has 4 atom stereocenters. The SMILES string of the molecule is O=C(N(OCCO)OCCO)C12C3C4C5C3C1(C(=O)N(OCCO)OCCO)C5C42. The van der Waals surface area contributed by atoms with E-state index in [0.717, 1.165) is 0 Å². The van der Waals surface area contributed by atoms with Gasteiger partial charge >= 0.3 is 0 Å². The van der Waals surface area contributed by atoms with Crippen molar-refractivity contribution < 1.29 is 49.4 Å². The van der Waals surface area contributed by atoms with E-state index in [9.17, 15) is 9.59 Å². The summed E-state index contributed by atoms with van der Waals surface area (Å²) in [5.41, 5.74) is -1.93. The molecule has 0 aromatic rings. The molecular weight excluding hydrogens is 404 g/mol. The Balaban J connectivity index is 1.39. The third kappa shape index (κ3) is 1.91. The second-order valence-electron chi connectivity index (χ2n) is 8.35. The van der Waals surface area contributed by atoms with Crippen molar-refractivity contribution in [3.8, 4) is 0 Å². The van der Waals surface area contributed by atoms with Crippen molar-refractivity contribution in [2.24, 2.45) is 46.3 Å². The molecule has 0 saturated heterocycles. The van der Waals surface area contributed by atoms with Crippen LogP contribution in [0.15, 0.2) is 0 Å². The fraction of sp³-hybridized carbons (Fsp3) is 0.889. The normalized spacial score (nSPS) is 42.1. The smallest absolute Gasteiger partial charge is 0.281 e. The van der Waals surface area contributed by atoms with Crippen LogP contribution < -0.4 is 0 Å². The molecule has 4 unspecified atom stereocenters. The van der Waals surface area contributed by atoms with Crippen LogP contribution in [-0.4, -0.2) is 95.5 Å². The van der Waals surface area contributed by atoms with Gasteiger partial charge in [0.2, 0.25) is 0 Å². The third-order valence-electron chi connectivity index (χ3n) is 7.90. The minimum atomic E-state index is -0.965. The van der Waals surface area contributed by atoms with Crippen LogP contribution in [0, 0.1) is 46.3 Å². The van der Waals surface area contributed by atoms with E-state index >= 15 is 0 Å². The molecule has 6 aliphatic carbocycles. The zero-order valence-corrected chi connectivity index (χ0v) is 16.3. The lowest BCUT2D eigenvalue weighted by Gasteiger charge is -3.09. The maximum Gasteiger partial charge on any atom is 0.281 e. The predicted octanol–water partition coefficient (Wildman–Crippen LogP) is -2.92. The lowest BCUT2D eigenvalue weighted by molar-refractivity contribution is -0.635. The van der Waals surface area contributed by atoms with Crippen molar-refractivity contribution in [2.45, 2.75) is 0 Å². The Bertz CT molecular complexity index is 638. The summed E-state index contributed by atoms with van der Waals surface area (Å²) in [5.74, 6) is 0.211. The Morgan fingerprint density at radius 2 is 0.867 bits per heavy atom. The zero-order chi connectivity index (χ0) is 21.3. The summed E-state index contributed by atoms with van der Waals surface area (Å²) in [6, 6.07) is 0. The van der Waals surface area contributed by atoms with Gasteiger partial charge < -0.3 is 20.4 Å². The molecule has 2 amide bonds. The van der Waals surface area contributed by atoms with Crippen molar-refractivity contribution in [1.82, 2.24) is 10.5 Å². The highest BCUT2D eigenvalue weighted by Gasteiger charge is 3.14. The van der Waals surface area contributed by atoms with Gasteiger partial charge in [-0.05, 0) is 35.5 Å². The first-order valence-corrected chi connectivity index (χ1v) is 10.2. The molecule has 12 nitrogen and oxygen atoms in total. The number of nitrogens with zero attached hydrogens (tertiary/aromatic N) is 2. The highest BCUT2D eigenvalue weighted by atomic mass is 17.0. The number of carbonyl (C=O) groups is 2. The number of aliphatic hydroxyl groups is 4. The van der Waals surface area contributed by atoms with E-state index in [-0.39, 0.29) is 76.5 Å². The van der Waals surface area contributed by atoms with Gasteiger partial charge in [0.1, 0.15) is 26.4 Å². The Kier molecular flexibility index (Phi) is 4.83. The molecule has 0 radical (unpaired) electrons. The summed E-state index contributed by atoms with van der Waals surface area (Å²) in [6.07, 6.45) is 0. The standard InChI is InChI=1S/C18H26N2O10/c21-1-5-27-19(28-6-2-22)15(25)17-11-9-10-13(11)18(17,14(10)12(9)17)16(26)20(29-7-3-23)30-8-4-24/h9-14,21-24H,1-8H2. The van der Waals surface area contributed by atoms with Crippen molar-refractivity contribution in [3.05, 3.63) is 0 Å². The van der Waals surface area contributed by atoms with Gasteiger partial charge in [-0.1, -0.05) is 10.5 Å². The molecule has 0 spiro atoms. The Morgan fingerprint density at radius 1 is 0.600 bits per heavy atom. The van der Waals surface area contributed by atoms with Gasteiger partial charge in [0.05, 0.1) is 37.3 Å². The molecule has 30 heavy (non-hydrogen) atoms. The summed E-state index contributed by atoms with van der Waals surface area (Å²) in [5, 5.41) is 37.6. The summed E-state index contributed by atoms with van der Waals surface area (Å²) in [7, 11) is 0. The maximum atomic E-state index is 13.5. The average molecular weight is 430 g/mol. The highest BCUT2D eigenvalue weighted by Crippen LogP contribution is 3.10. The molecule has 6 saturated carbocycles. The average Bonchev–Trinajstić information content (AvgIpc) is 2.78. The molecular formula is C18H26N2O10. The number of aliphatic hydroxyl groups excluding tert-OH is 4. The van der Waals surface area contributed by atoms with Crippen molar-refractivity contribution >= 4 is 11.8 Å². The molecule has 12 heteroatoms. The largest absolute Gasteiger partial charge is 0.394 e. The van der Waals surface area contributed by atoms with Gasteiger partial charge in [-0.25, -0.2) is 19.4 Å². The lowest BCUT2D eigenvalue weighted by atomic mass is 8.91. The second kappa shape index (κ2) is 7.07. The van der Waals surface area contributed by atoms with E-state index in [1.54, 1.807) is 0 Å². The number of hydrogen-bond acceptors (Lipinski definition) is 10. The van der Waals surface area contributed by atoms with Crippen LogP contribution in [0.5, 0.6) is 0 Å². The molecule has 6 aliphatic rings. The Hall–Kier alpha value is -1.38. The summed E-state index contributed by atoms with van der Waals surface area (Å²) < 4.78 is 0. The molecule has 4 N–H and O–H groups in total. The molecule has 6 fully saturated rings. The van der Waals surface area contributed by atoms with Crippen molar-refractivity contribution in [2.75, 3.05) is 52.9 Å². The van der Waals surface area contributed by atoms with Crippen LogP contribution in [-0.2, 0) is 28.9 Å².